The Morgan fingerprint density at radius 1 is 1.15 bits per heavy atom. The van der Waals surface area contributed by atoms with Gasteiger partial charge in [0.1, 0.15) is 0 Å². The minimum Gasteiger partial charge on any atom is -0.292 e. The van der Waals surface area contributed by atoms with Crippen molar-refractivity contribution in [2.24, 2.45) is 0 Å². The highest BCUT2D eigenvalue weighted by Crippen LogP contribution is 2.34. The smallest absolute Gasteiger partial charge is 0.0352 e. The molecule has 2 aromatic carbocycles. The molecule has 0 bridgehead atoms. The molecule has 1 heterocycles. The van der Waals surface area contributed by atoms with Crippen LogP contribution in [0.5, 0.6) is 0 Å². The fourth-order valence-corrected chi connectivity index (χ4v) is 3.45. The Bertz CT molecular complexity index is 576. The van der Waals surface area contributed by atoms with Gasteiger partial charge >= 0.3 is 0 Å². The molecular formula is C18H20BrN. The normalized spacial score (nSPS) is 19.4. The third kappa shape index (κ3) is 3.13. The van der Waals surface area contributed by atoms with Crippen molar-refractivity contribution in [1.29, 1.82) is 0 Å². The van der Waals surface area contributed by atoms with Gasteiger partial charge in [-0.15, -0.1) is 0 Å². The van der Waals surface area contributed by atoms with E-state index in [9.17, 15) is 0 Å². The molecule has 1 aliphatic heterocycles. The van der Waals surface area contributed by atoms with Crippen molar-refractivity contribution < 1.29 is 0 Å². The maximum Gasteiger partial charge on any atom is 0.0352 e. The molecule has 2 aromatic rings. The molecule has 0 spiro atoms. The molecule has 2 heteroatoms. The number of rotatable bonds is 3. The fraction of sp³-hybridized carbons (Fsp3) is 0.333. The van der Waals surface area contributed by atoms with Crippen molar-refractivity contribution in [1.82, 2.24) is 4.90 Å². The molecule has 0 N–H and O–H groups in total. The molecule has 0 radical (unpaired) electrons. The molecule has 1 saturated heterocycles. The molecule has 1 aliphatic rings. The molecule has 104 valence electrons. The molecular weight excluding hydrogens is 310 g/mol. The first-order valence-corrected chi connectivity index (χ1v) is 8.07. The lowest BCUT2D eigenvalue weighted by molar-refractivity contribution is 0.248. The van der Waals surface area contributed by atoms with Crippen LogP contribution < -0.4 is 0 Å². The van der Waals surface area contributed by atoms with E-state index in [0.717, 1.165) is 6.54 Å². The monoisotopic (exact) mass is 329 g/mol. The summed E-state index contributed by atoms with van der Waals surface area (Å²) in [5.41, 5.74) is 4.18. The maximum atomic E-state index is 3.59. The third-order valence-corrected chi connectivity index (χ3v) is 4.60. The maximum absolute atomic E-state index is 3.59. The van der Waals surface area contributed by atoms with Gasteiger partial charge in [-0.25, -0.2) is 0 Å². The van der Waals surface area contributed by atoms with Crippen molar-refractivity contribution in [2.75, 3.05) is 6.54 Å². The summed E-state index contributed by atoms with van der Waals surface area (Å²) in [6.45, 7) is 4.40. The molecule has 0 aliphatic carbocycles. The fourth-order valence-electron chi connectivity index (χ4n) is 3.03. The van der Waals surface area contributed by atoms with Crippen LogP contribution in [0.25, 0.3) is 0 Å². The molecule has 0 aromatic heterocycles. The second-order valence-corrected chi connectivity index (χ2v) is 6.58. The largest absolute Gasteiger partial charge is 0.292 e. The Balaban J connectivity index is 1.77. The van der Waals surface area contributed by atoms with Crippen molar-refractivity contribution in [3.8, 4) is 0 Å². The lowest BCUT2D eigenvalue weighted by Gasteiger charge is -2.25. The Labute approximate surface area is 129 Å². The number of aryl methyl sites for hydroxylation is 1. The van der Waals surface area contributed by atoms with Crippen LogP contribution in [-0.2, 0) is 6.54 Å². The van der Waals surface area contributed by atoms with Crippen LogP contribution in [-0.4, -0.2) is 11.4 Å². The Morgan fingerprint density at radius 3 is 2.70 bits per heavy atom. The lowest BCUT2D eigenvalue weighted by Crippen LogP contribution is -2.22. The molecule has 0 amide bonds. The molecule has 1 unspecified atom stereocenters. The first-order valence-electron chi connectivity index (χ1n) is 7.27. The van der Waals surface area contributed by atoms with Crippen LogP contribution in [0.2, 0.25) is 0 Å². The van der Waals surface area contributed by atoms with Crippen molar-refractivity contribution in [2.45, 2.75) is 32.4 Å². The summed E-state index contributed by atoms with van der Waals surface area (Å²) < 4.78 is 1.18. The van der Waals surface area contributed by atoms with Crippen molar-refractivity contribution in [3.05, 3.63) is 69.7 Å². The van der Waals surface area contributed by atoms with Gasteiger partial charge in [0, 0.05) is 17.1 Å². The van der Waals surface area contributed by atoms with Gasteiger partial charge in [0.15, 0.2) is 0 Å². The average Bonchev–Trinajstić information content (AvgIpc) is 2.89. The zero-order valence-corrected chi connectivity index (χ0v) is 13.4. The molecule has 0 saturated carbocycles. The first-order chi connectivity index (χ1) is 9.72. The van der Waals surface area contributed by atoms with Gasteiger partial charge in [-0.2, -0.15) is 0 Å². The Morgan fingerprint density at radius 2 is 1.95 bits per heavy atom. The third-order valence-electron chi connectivity index (χ3n) is 4.10. The highest BCUT2D eigenvalue weighted by atomic mass is 79.9. The number of halogens is 1. The number of nitrogens with zero attached hydrogens (tertiary/aromatic N) is 1. The van der Waals surface area contributed by atoms with Crippen LogP contribution in [0.15, 0.2) is 53.0 Å². The Kier molecular flexibility index (Phi) is 4.23. The zero-order valence-electron chi connectivity index (χ0n) is 11.8. The van der Waals surface area contributed by atoms with Gasteiger partial charge in [0.05, 0.1) is 0 Å². The van der Waals surface area contributed by atoms with E-state index in [1.54, 1.807) is 0 Å². The molecule has 3 rings (SSSR count). The van der Waals surface area contributed by atoms with Crippen LogP contribution in [0.4, 0.5) is 0 Å². The number of hydrogen-bond acceptors (Lipinski definition) is 1. The number of likely N-dealkylation sites (tertiary alicyclic amines) is 1. The van der Waals surface area contributed by atoms with Crippen LogP contribution in [0.1, 0.15) is 35.6 Å². The zero-order chi connectivity index (χ0) is 13.9. The van der Waals surface area contributed by atoms with Crippen LogP contribution in [0.3, 0.4) is 0 Å². The van der Waals surface area contributed by atoms with Gasteiger partial charge in [0.2, 0.25) is 0 Å². The lowest BCUT2D eigenvalue weighted by atomic mass is 10.0. The van der Waals surface area contributed by atoms with E-state index >= 15 is 0 Å². The Hall–Kier alpha value is -1.12. The van der Waals surface area contributed by atoms with E-state index in [1.165, 1.54) is 40.5 Å². The number of benzene rings is 2. The summed E-state index contributed by atoms with van der Waals surface area (Å²) in [6.07, 6.45) is 2.56. The standard InChI is InChI=1S/C18H20BrN/c1-14-7-9-15(10-8-14)13-20-11-3-6-18(20)16-4-2-5-17(19)12-16/h2,4-5,7-10,12,18H,3,6,11,13H2,1H3. The van der Waals surface area contributed by atoms with Crippen molar-refractivity contribution >= 4 is 15.9 Å². The van der Waals surface area contributed by atoms with Crippen molar-refractivity contribution in [3.63, 3.8) is 0 Å². The predicted molar refractivity (Wildman–Crippen MR) is 87.7 cm³/mol. The van der Waals surface area contributed by atoms with Gasteiger partial charge < -0.3 is 0 Å². The highest BCUT2D eigenvalue weighted by Gasteiger charge is 2.25. The summed E-state index contributed by atoms with van der Waals surface area (Å²) in [5, 5.41) is 0. The van der Waals surface area contributed by atoms with E-state index in [0.29, 0.717) is 6.04 Å². The minimum atomic E-state index is 0.564. The molecule has 20 heavy (non-hydrogen) atoms. The van der Waals surface area contributed by atoms with Crippen LogP contribution in [0, 0.1) is 6.92 Å². The van der Waals surface area contributed by atoms with E-state index in [4.69, 9.17) is 0 Å². The van der Waals surface area contributed by atoms with Gasteiger partial charge in [-0.05, 0) is 49.6 Å². The second-order valence-electron chi connectivity index (χ2n) is 5.67. The quantitative estimate of drug-likeness (QED) is 0.757. The van der Waals surface area contributed by atoms with Gasteiger partial charge in [0.25, 0.3) is 0 Å². The number of hydrogen-bond donors (Lipinski definition) is 0. The summed E-state index contributed by atoms with van der Waals surface area (Å²) >= 11 is 3.59. The molecule has 1 fully saturated rings. The summed E-state index contributed by atoms with van der Waals surface area (Å²) in [6, 6.07) is 18.2. The summed E-state index contributed by atoms with van der Waals surface area (Å²) in [4.78, 5) is 2.60. The second kappa shape index (κ2) is 6.11. The topological polar surface area (TPSA) is 3.24 Å². The average molecular weight is 330 g/mol. The predicted octanol–water partition coefficient (Wildman–Crippen LogP) is 5.09. The summed E-state index contributed by atoms with van der Waals surface area (Å²) in [7, 11) is 0. The van der Waals surface area contributed by atoms with E-state index < -0.39 is 0 Å². The summed E-state index contributed by atoms with van der Waals surface area (Å²) in [5.74, 6) is 0. The van der Waals surface area contributed by atoms with E-state index in [-0.39, 0.29) is 0 Å². The molecule has 1 nitrogen and oxygen atoms in total. The van der Waals surface area contributed by atoms with Gasteiger partial charge in [-0.1, -0.05) is 57.9 Å². The SMILES string of the molecule is Cc1ccc(CN2CCCC2c2cccc(Br)c2)cc1. The van der Waals surface area contributed by atoms with Crippen LogP contribution >= 0.6 is 15.9 Å². The van der Waals surface area contributed by atoms with E-state index in [2.05, 4.69) is 76.3 Å². The first kappa shape index (κ1) is 13.8. The minimum absolute atomic E-state index is 0.564. The highest BCUT2D eigenvalue weighted by molar-refractivity contribution is 9.10. The van der Waals surface area contributed by atoms with Gasteiger partial charge in [-0.3, -0.25) is 4.90 Å². The van der Waals surface area contributed by atoms with E-state index in [1.807, 2.05) is 0 Å². The molecule has 1 atom stereocenters.